The van der Waals surface area contributed by atoms with Gasteiger partial charge in [-0.05, 0) is 31.8 Å². The molecule has 0 radical (unpaired) electrons. The number of nitrogens with one attached hydrogen (secondary N) is 1. The summed E-state index contributed by atoms with van der Waals surface area (Å²) in [6, 6.07) is 0. The van der Waals surface area contributed by atoms with Gasteiger partial charge in [-0.2, -0.15) is 0 Å². The van der Waals surface area contributed by atoms with Crippen molar-refractivity contribution in [2.24, 2.45) is 5.92 Å². The van der Waals surface area contributed by atoms with Gasteiger partial charge in [0.1, 0.15) is 0 Å². The van der Waals surface area contributed by atoms with Crippen molar-refractivity contribution in [3.05, 3.63) is 0 Å². The van der Waals surface area contributed by atoms with E-state index in [0.717, 1.165) is 5.92 Å². The zero-order valence-corrected chi connectivity index (χ0v) is 16.1. The molecule has 0 aliphatic carbocycles. The fourth-order valence-corrected chi connectivity index (χ4v) is 3.02. The van der Waals surface area contributed by atoms with Crippen molar-refractivity contribution in [3.8, 4) is 0 Å². The SMILES string of the molecule is CCCCCCCCCCCCCNCCCCCC(C)C. The highest BCUT2D eigenvalue weighted by Crippen LogP contribution is 2.11. The van der Waals surface area contributed by atoms with Gasteiger partial charge < -0.3 is 5.32 Å². The molecule has 0 fully saturated rings. The Morgan fingerprint density at radius 2 is 0.955 bits per heavy atom. The van der Waals surface area contributed by atoms with Crippen LogP contribution in [0.25, 0.3) is 0 Å². The quantitative estimate of drug-likeness (QED) is 0.266. The first-order valence-electron chi connectivity index (χ1n) is 10.5. The molecular weight excluding hydrogens is 266 g/mol. The monoisotopic (exact) mass is 311 g/mol. The highest BCUT2D eigenvalue weighted by atomic mass is 14.8. The van der Waals surface area contributed by atoms with Crippen LogP contribution in [-0.4, -0.2) is 13.1 Å². The summed E-state index contributed by atoms with van der Waals surface area (Å²) in [6.45, 7) is 9.41. The Morgan fingerprint density at radius 1 is 0.545 bits per heavy atom. The number of unbranched alkanes of at least 4 members (excludes halogenated alkanes) is 12. The topological polar surface area (TPSA) is 12.0 Å². The van der Waals surface area contributed by atoms with Crippen LogP contribution in [0.4, 0.5) is 0 Å². The summed E-state index contributed by atoms with van der Waals surface area (Å²) in [6.07, 6.45) is 21.4. The summed E-state index contributed by atoms with van der Waals surface area (Å²) in [7, 11) is 0. The fourth-order valence-electron chi connectivity index (χ4n) is 3.02. The van der Waals surface area contributed by atoms with Gasteiger partial charge in [0, 0.05) is 0 Å². The Morgan fingerprint density at radius 3 is 1.41 bits per heavy atom. The van der Waals surface area contributed by atoms with E-state index in [2.05, 4.69) is 26.1 Å². The Balaban J connectivity index is 2.94. The zero-order chi connectivity index (χ0) is 16.3. The molecule has 0 saturated carbocycles. The Bertz CT molecular complexity index is 188. The predicted octanol–water partition coefficient (Wildman–Crippen LogP) is 7.10. The van der Waals surface area contributed by atoms with Crippen molar-refractivity contribution in [2.45, 2.75) is 117 Å². The third kappa shape index (κ3) is 20.0. The van der Waals surface area contributed by atoms with Crippen LogP contribution < -0.4 is 5.32 Å². The molecule has 1 nitrogen and oxygen atoms in total. The molecular formula is C21H45N. The lowest BCUT2D eigenvalue weighted by Gasteiger charge is -2.06. The molecule has 0 heterocycles. The van der Waals surface area contributed by atoms with Gasteiger partial charge in [-0.25, -0.2) is 0 Å². The molecule has 0 aromatic heterocycles. The molecule has 0 unspecified atom stereocenters. The van der Waals surface area contributed by atoms with Crippen LogP contribution in [0.1, 0.15) is 117 Å². The highest BCUT2D eigenvalue weighted by Gasteiger charge is 1.95. The lowest BCUT2D eigenvalue weighted by molar-refractivity contribution is 0.507. The summed E-state index contributed by atoms with van der Waals surface area (Å²) >= 11 is 0. The molecule has 1 N–H and O–H groups in total. The molecule has 0 aromatic rings. The lowest BCUT2D eigenvalue weighted by Crippen LogP contribution is -2.16. The van der Waals surface area contributed by atoms with Crippen molar-refractivity contribution in [1.29, 1.82) is 0 Å². The van der Waals surface area contributed by atoms with Gasteiger partial charge in [0.2, 0.25) is 0 Å². The highest BCUT2D eigenvalue weighted by molar-refractivity contribution is 4.53. The molecule has 0 rings (SSSR count). The average Bonchev–Trinajstić information content (AvgIpc) is 2.50. The molecule has 0 aliphatic heterocycles. The van der Waals surface area contributed by atoms with Gasteiger partial charge in [-0.15, -0.1) is 0 Å². The normalized spacial score (nSPS) is 11.5. The van der Waals surface area contributed by atoms with Crippen molar-refractivity contribution in [3.63, 3.8) is 0 Å². The van der Waals surface area contributed by atoms with Crippen LogP contribution in [0.15, 0.2) is 0 Å². The van der Waals surface area contributed by atoms with Gasteiger partial charge >= 0.3 is 0 Å². The lowest BCUT2D eigenvalue weighted by atomic mass is 10.1. The Hall–Kier alpha value is -0.0400. The maximum absolute atomic E-state index is 3.60. The maximum atomic E-state index is 3.60. The Kier molecular flexibility index (Phi) is 19.0. The smallest absolute Gasteiger partial charge is 0.00489 e. The van der Waals surface area contributed by atoms with E-state index in [1.807, 2.05) is 0 Å². The summed E-state index contributed by atoms with van der Waals surface area (Å²) in [5, 5.41) is 3.60. The second kappa shape index (κ2) is 19.0. The van der Waals surface area contributed by atoms with Crippen molar-refractivity contribution >= 4 is 0 Å². The first kappa shape index (κ1) is 22.0. The van der Waals surface area contributed by atoms with Crippen LogP contribution in [0.2, 0.25) is 0 Å². The second-order valence-corrected chi connectivity index (χ2v) is 7.53. The number of hydrogen-bond donors (Lipinski definition) is 1. The van der Waals surface area contributed by atoms with Gasteiger partial charge in [-0.1, -0.05) is 104 Å². The minimum atomic E-state index is 0.879. The number of hydrogen-bond acceptors (Lipinski definition) is 1. The van der Waals surface area contributed by atoms with Crippen molar-refractivity contribution < 1.29 is 0 Å². The van der Waals surface area contributed by atoms with Gasteiger partial charge in [0.05, 0.1) is 0 Å². The van der Waals surface area contributed by atoms with Crippen molar-refractivity contribution in [2.75, 3.05) is 13.1 Å². The van der Waals surface area contributed by atoms with E-state index in [1.54, 1.807) is 0 Å². The molecule has 0 amide bonds. The zero-order valence-electron chi connectivity index (χ0n) is 16.1. The first-order valence-corrected chi connectivity index (χ1v) is 10.5. The van der Waals surface area contributed by atoms with Crippen LogP contribution in [0, 0.1) is 5.92 Å². The molecule has 0 saturated heterocycles. The van der Waals surface area contributed by atoms with E-state index < -0.39 is 0 Å². The summed E-state index contributed by atoms with van der Waals surface area (Å²) in [4.78, 5) is 0. The second-order valence-electron chi connectivity index (χ2n) is 7.53. The molecule has 134 valence electrons. The maximum Gasteiger partial charge on any atom is -0.00489 e. The van der Waals surface area contributed by atoms with Gasteiger partial charge in [0.15, 0.2) is 0 Å². The van der Waals surface area contributed by atoms with E-state index in [4.69, 9.17) is 0 Å². The Labute approximate surface area is 142 Å². The van der Waals surface area contributed by atoms with Crippen LogP contribution in [-0.2, 0) is 0 Å². The molecule has 0 bridgehead atoms. The molecule has 1 heteroatoms. The molecule has 0 spiro atoms. The summed E-state index contributed by atoms with van der Waals surface area (Å²) in [5.74, 6) is 0.879. The van der Waals surface area contributed by atoms with Crippen LogP contribution >= 0.6 is 0 Å². The van der Waals surface area contributed by atoms with Gasteiger partial charge in [0.25, 0.3) is 0 Å². The van der Waals surface area contributed by atoms with Crippen LogP contribution in [0.5, 0.6) is 0 Å². The van der Waals surface area contributed by atoms with E-state index in [9.17, 15) is 0 Å². The van der Waals surface area contributed by atoms with Gasteiger partial charge in [-0.3, -0.25) is 0 Å². The molecule has 0 atom stereocenters. The summed E-state index contributed by atoms with van der Waals surface area (Å²) in [5.41, 5.74) is 0. The number of rotatable bonds is 18. The minimum absolute atomic E-state index is 0.879. The standard InChI is InChI=1S/C21H45N/c1-4-5-6-7-8-9-10-11-12-13-16-19-22-20-17-14-15-18-21(2)3/h21-22H,4-20H2,1-3H3. The molecule has 0 aromatic carbocycles. The largest absolute Gasteiger partial charge is 0.317 e. The third-order valence-electron chi connectivity index (χ3n) is 4.59. The fraction of sp³-hybridized carbons (Fsp3) is 1.00. The van der Waals surface area contributed by atoms with E-state index in [0.29, 0.717) is 0 Å². The minimum Gasteiger partial charge on any atom is -0.317 e. The first-order chi connectivity index (χ1) is 10.8. The van der Waals surface area contributed by atoms with E-state index in [1.165, 1.54) is 109 Å². The van der Waals surface area contributed by atoms with E-state index >= 15 is 0 Å². The third-order valence-corrected chi connectivity index (χ3v) is 4.59. The van der Waals surface area contributed by atoms with Crippen LogP contribution in [0.3, 0.4) is 0 Å². The average molecular weight is 312 g/mol. The molecule has 0 aliphatic rings. The molecule has 22 heavy (non-hydrogen) atoms. The van der Waals surface area contributed by atoms with Crippen molar-refractivity contribution in [1.82, 2.24) is 5.32 Å². The predicted molar refractivity (Wildman–Crippen MR) is 103 cm³/mol. The summed E-state index contributed by atoms with van der Waals surface area (Å²) < 4.78 is 0. The van der Waals surface area contributed by atoms with E-state index in [-0.39, 0.29) is 0 Å².